The monoisotopic (exact) mass is 359 g/mol. The molecule has 1 N–H and O–H groups in total. The van der Waals surface area contributed by atoms with Crippen molar-refractivity contribution in [1.82, 2.24) is 5.32 Å². The average Bonchev–Trinajstić information content (AvgIpc) is 2.50. The molecule has 0 heterocycles. The van der Waals surface area contributed by atoms with Crippen molar-refractivity contribution in [2.75, 3.05) is 7.11 Å². The molecule has 1 atom stereocenters. The first-order chi connectivity index (χ1) is 10.8. The lowest BCUT2D eigenvalue weighted by Gasteiger charge is -2.27. The molecule has 0 radical (unpaired) electrons. The molecular formula is C17H23Cl2NO3. The summed E-state index contributed by atoms with van der Waals surface area (Å²) in [6.07, 6.45) is 3.02. The number of rotatable bonds is 8. The average molecular weight is 360 g/mol. The first-order valence-electron chi connectivity index (χ1n) is 7.65. The van der Waals surface area contributed by atoms with Gasteiger partial charge in [0.1, 0.15) is 5.54 Å². The summed E-state index contributed by atoms with van der Waals surface area (Å²) in [5.41, 5.74) is 0.0564. The van der Waals surface area contributed by atoms with E-state index in [1.807, 2.05) is 13.0 Å². The SMILES string of the molecule is CCCC(C)(NC(=O)CCCc1ccc(Cl)c(Cl)c1)C(=O)OC. The van der Waals surface area contributed by atoms with Crippen LogP contribution in [0.4, 0.5) is 0 Å². The third-order valence-corrected chi connectivity index (χ3v) is 4.39. The summed E-state index contributed by atoms with van der Waals surface area (Å²) < 4.78 is 4.79. The number of amides is 1. The van der Waals surface area contributed by atoms with E-state index in [9.17, 15) is 9.59 Å². The van der Waals surface area contributed by atoms with Gasteiger partial charge < -0.3 is 10.1 Å². The number of hydrogen-bond donors (Lipinski definition) is 1. The number of halogens is 2. The van der Waals surface area contributed by atoms with E-state index in [0.717, 1.165) is 12.0 Å². The maximum Gasteiger partial charge on any atom is 0.331 e. The predicted octanol–water partition coefficient (Wildman–Crippen LogP) is 4.16. The van der Waals surface area contributed by atoms with Gasteiger partial charge in [-0.05, 0) is 43.9 Å². The summed E-state index contributed by atoms with van der Waals surface area (Å²) in [6.45, 7) is 3.65. The summed E-state index contributed by atoms with van der Waals surface area (Å²) >= 11 is 11.8. The Hall–Kier alpha value is -1.26. The van der Waals surface area contributed by atoms with Crippen molar-refractivity contribution >= 4 is 35.1 Å². The molecule has 128 valence electrons. The fraction of sp³-hybridized carbons (Fsp3) is 0.529. The molecule has 0 saturated carbocycles. The van der Waals surface area contributed by atoms with E-state index in [-0.39, 0.29) is 5.91 Å². The van der Waals surface area contributed by atoms with Crippen LogP contribution in [0.1, 0.15) is 45.1 Å². The lowest BCUT2D eigenvalue weighted by Crippen LogP contribution is -2.52. The number of aryl methyl sites for hydroxylation is 1. The van der Waals surface area contributed by atoms with Crippen LogP contribution in [0.15, 0.2) is 18.2 Å². The predicted molar refractivity (Wildman–Crippen MR) is 92.9 cm³/mol. The summed E-state index contributed by atoms with van der Waals surface area (Å²) in [7, 11) is 1.33. The van der Waals surface area contributed by atoms with Crippen molar-refractivity contribution in [3.8, 4) is 0 Å². The molecule has 23 heavy (non-hydrogen) atoms. The van der Waals surface area contributed by atoms with Crippen LogP contribution < -0.4 is 5.32 Å². The quantitative estimate of drug-likeness (QED) is 0.708. The standard InChI is InChI=1S/C17H23Cl2NO3/c1-4-10-17(2,16(22)23-3)20-15(21)7-5-6-12-8-9-13(18)14(19)11-12/h8-9,11H,4-7,10H2,1-3H3,(H,20,21). The van der Waals surface area contributed by atoms with Gasteiger partial charge in [-0.1, -0.05) is 42.6 Å². The maximum absolute atomic E-state index is 12.1. The van der Waals surface area contributed by atoms with Crippen LogP contribution in [-0.4, -0.2) is 24.5 Å². The normalized spacial score (nSPS) is 13.3. The molecule has 0 aliphatic heterocycles. The van der Waals surface area contributed by atoms with Gasteiger partial charge in [-0.2, -0.15) is 0 Å². The van der Waals surface area contributed by atoms with E-state index in [4.69, 9.17) is 27.9 Å². The Bertz CT molecular complexity index is 563. The van der Waals surface area contributed by atoms with Crippen molar-refractivity contribution < 1.29 is 14.3 Å². The van der Waals surface area contributed by atoms with Crippen LogP contribution in [0.25, 0.3) is 0 Å². The number of hydrogen-bond acceptors (Lipinski definition) is 3. The third kappa shape index (κ3) is 6.04. The molecule has 0 aromatic heterocycles. The summed E-state index contributed by atoms with van der Waals surface area (Å²) in [5.74, 6) is -0.580. The second-order valence-electron chi connectivity index (χ2n) is 5.72. The van der Waals surface area contributed by atoms with E-state index in [1.54, 1.807) is 19.1 Å². The molecule has 1 aromatic rings. The molecule has 0 bridgehead atoms. The Morgan fingerprint density at radius 1 is 1.26 bits per heavy atom. The highest BCUT2D eigenvalue weighted by atomic mass is 35.5. The number of methoxy groups -OCH3 is 1. The smallest absolute Gasteiger partial charge is 0.331 e. The van der Waals surface area contributed by atoms with Gasteiger partial charge >= 0.3 is 5.97 Å². The molecule has 0 aliphatic carbocycles. The zero-order valence-corrected chi connectivity index (χ0v) is 15.3. The Morgan fingerprint density at radius 3 is 2.52 bits per heavy atom. The zero-order chi connectivity index (χ0) is 17.5. The minimum absolute atomic E-state index is 0.161. The van der Waals surface area contributed by atoms with Crippen LogP contribution in [-0.2, 0) is 20.7 Å². The van der Waals surface area contributed by atoms with Gasteiger partial charge in [-0.15, -0.1) is 0 Å². The summed E-state index contributed by atoms with van der Waals surface area (Å²) in [5, 5.41) is 3.82. The number of nitrogens with one attached hydrogen (secondary N) is 1. The van der Waals surface area contributed by atoms with E-state index in [2.05, 4.69) is 5.32 Å². The van der Waals surface area contributed by atoms with Gasteiger partial charge in [0.25, 0.3) is 0 Å². The van der Waals surface area contributed by atoms with Gasteiger partial charge in [0.2, 0.25) is 5.91 Å². The molecule has 0 spiro atoms. The van der Waals surface area contributed by atoms with Crippen LogP contribution in [0.3, 0.4) is 0 Å². The summed E-state index contributed by atoms with van der Waals surface area (Å²) in [6, 6.07) is 5.44. The van der Waals surface area contributed by atoms with Gasteiger partial charge in [0.15, 0.2) is 0 Å². The lowest BCUT2D eigenvalue weighted by molar-refractivity contribution is -0.150. The number of carbonyl (C=O) groups excluding carboxylic acids is 2. The maximum atomic E-state index is 12.1. The Balaban J connectivity index is 2.52. The van der Waals surface area contributed by atoms with Crippen molar-refractivity contribution in [3.63, 3.8) is 0 Å². The van der Waals surface area contributed by atoms with E-state index in [1.165, 1.54) is 7.11 Å². The number of esters is 1. The molecule has 0 saturated heterocycles. The van der Waals surface area contributed by atoms with Crippen molar-refractivity contribution in [3.05, 3.63) is 33.8 Å². The van der Waals surface area contributed by atoms with Crippen LogP contribution in [0, 0.1) is 0 Å². The highest BCUT2D eigenvalue weighted by molar-refractivity contribution is 6.42. The molecule has 1 unspecified atom stereocenters. The first kappa shape index (κ1) is 19.8. The van der Waals surface area contributed by atoms with E-state index < -0.39 is 11.5 Å². The largest absolute Gasteiger partial charge is 0.467 e. The molecule has 1 aromatic carbocycles. The molecule has 0 fully saturated rings. The van der Waals surface area contributed by atoms with Gasteiger partial charge in [0, 0.05) is 6.42 Å². The van der Waals surface area contributed by atoms with Crippen molar-refractivity contribution in [2.45, 2.75) is 51.5 Å². The molecule has 0 aliphatic rings. The first-order valence-corrected chi connectivity index (χ1v) is 8.41. The molecule has 1 amide bonds. The highest BCUT2D eigenvalue weighted by Gasteiger charge is 2.34. The number of benzene rings is 1. The van der Waals surface area contributed by atoms with Crippen molar-refractivity contribution in [1.29, 1.82) is 0 Å². The number of carbonyl (C=O) groups is 2. The molecule has 4 nitrogen and oxygen atoms in total. The minimum atomic E-state index is -0.968. The molecule has 1 rings (SSSR count). The fourth-order valence-corrected chi connectivity index (χ4v) is 2.78. The van der Waals surface area contributed by atoms with Crippen molar-refractivity contribution in [2.24, 2.45) is 0 Å². The van der Waals surface area contributed by atoms with Crippen LogP contribution >= 0.6 is 23.2 Å². The highest BCUT2D eigenvalue weighted by Crippen LogP contribution is 2.23. The Morgan fingerprint density at radius 2 is 1.96 bits per heavy atom. The Kier molecular flexibility index (Phi) is 7.86. The Labute approximate surface area is 147 Å². The topological polar surface area (TPSA) is 55.4 Å². The minimum Gasteiger partial charge on any atom is -0.467 e. The van der Waals surface area contributed by atoms with Crippen LogP contribution in [0.2, 0.25) is 10.0 Å². The third-order valence-electron chi connectivity index (χ3n) is 3.65. The summed E-state index contributed by atoms with van der Waals surface area (Å²) in [4.78, 5) is 24.0. The second-order valence-corrected chi connectivity index (χ2v) is 6.54. The van der Waals surface area contributed by atoms with E-state index >= 15 is 0 Å². The van der Waals surface area contributed by atoms with Crippen LogP contribution in [0.5, 0.6) is 0 Å². The zero-order valence-electron chi connectivity index (χ0n) is 13.7. The van der Waals surface area contributed by atoms with Gasteiger partial charge in [0.05, 0.1) is 17.2 Å². The van der Waals surface area contributed by atoms with Gasteiger partial charge in [-0.3, -0.25) is 4.79 Å². The lowest BCUT2D eigenvalue weighted by atomic mass is 9.95. The molecular weight excluding hydrogens is 337 g/mol. The second kappa shape index (κ2) is 9.14. The van der Waals surface area contributed by atoms with Gasteiger partial charge in [-0.25, -0.2) is 4.79 Å². The fourth-order valence-electron chi connectivity index (χ4n) is 2.46. The van der Waals surface area contributed by atoms with E-state index in [0.29, 0.717) is 35.7 Å². The number of ether oxygens (including phenoxy) is 1. The molecule has 6 heteroatoms.